The molecule has 1 fully saturated rings. The standard InChI is InChI=1S/C19H21F2IN2O5S/c1-29-17-5-10(20)4-16(24-15-3-2-11(22)6-14(15)21)18(17)13-8-19(13,30(23,27)28)7-12(26)9-25/h2-6,12-13,24-26H,7-9H2,1H3,(H2,23,27,28). The van der Waals surface area contributed by atoms with E-state index in [0.29, 0.717) is 9.13 Å². The Hall–Kier alpha value is -1.54. The van der Waals surface area contributed by atoms with Crippen molar-refractivity contribution in [1.82, 2.24) is 0 Å². The lowest BCUT2D eigenvalue weighted by molar-refractivity contribution is 0.0853. The molecule has 11 heteroatoms. The molecule has 0 spiro atoms. The topological polar surface area (TPSA) is 122 Å². The first-order chi connectivity index (χ1) is 14.0. The van der Waals surface area contributed by atoms with Gasteiger partial charge in [-0.05, 0) is 59.7 Å². The van der Waals surface area contributed by atoms with Crippen LogP contribution in [0.2, 0.25) is 0 Å². The first-order valence-electron chi connectivity index (χ1n) is 8.93. The molecule has 0 amide bonds. The van der Waals surface area contributed by atoms with E-state index >= 15 is 0 Å². The molecule has 164 valence electrons. The molecule has 7 nitrogen and oxygen atoms in total. The molecule has 30 heavy (non-hydrogen) atoms. The quantitative estimate of drug-likeness (QED) is 0.373. The van der Waals surface area contributed by atoms with Crippen LogP contribution in [0.5, 0.6) is 5.75 Å². The fourth-order valence-electron chi connectivity index (χ4n) is 3.73. The Morgan fingerprint density at radius 2 is 2.03 bits per heavy atom. The smallest absolute Gasteiger partial charge is 0.215 e. The van der Waals surface area contributed by atoms with Gasteiger partial charge >= 0.3 is 0 Å². The molecule has 0 heterocycles. The minimum absolute atomic E-state index is 0.0364. The van der Waals surface area contributed by atoms with Crippen molar-refractivity contribution in [2.75, 3.05) is 19.0 Å². The molecule has 3 atom stereocenters. The Morgan fingerprint density at radius 1 is 1.33 bits per heavy atom. The summed E-state index contributed by atoms with van der Waals surface area (Å²) in [6.07, 6.45) is -1.57. The monoisotopic (exact) mass is 554 g/mol. The summed E-state index contributed by atoms with van der Waals surface area (Å²) >= 11 is 1.95. The third kappa shape index (κ3) is 4.40. The summed E-state index contributed by atoms with van der Waals surface area (Å²) < 4.78 is 57.7. The number of aliphatic hydroxyl groups is 2. The maximum absolute atomic E-state index is 14.4. The van der Waals surface area contributed by atoms with Crippen molar-refractivity contribution in [1.29, 1.82) is 0 Å². The van der Waals surface area contributed by atoms with Crippen LogP contribution in [-0.2, 0) is 10.0 Å². The van der Waals surface area contributed by atoms with Crippen LogP contribution in [0.15, 0.2) is 30.3 Å². The highest BCUT2D eigenvalue weighted by molar-refractivity contribution is 14.1. The minimum atomic E-state index is -4.16. The van der Waals surface area contributed by atoms with Gasteiger partial charge in [0.1, 0.15) is 17.4 Å². The summed E-state index contributed by atoms with van der Waals surface area (Å²) in [5, 5.41) is 27.3. The summed E-state index contributed by atoms with van der Waals surface area (Å²) in [6.45, 7) is -0.635. The first-order valence-corrected chi connectivity index (χ1v) is 11.6. The number of hydrogen-bond acceptors (Lipinski definition) is 6. The number of nitrogens with two attached hydrogens (primary N) is 1. The number of rotatable bonds is 8. The Bertz CT molecular complexity index is 1070. The molecule has 1 aliphatic rings. The third-order valence-electron chi connectivity index (χ3n) is 5.26. The highest BCUT2D eigenvalue weighted by Crippen LogP contribution is 2.62. The van der Waals surface area contributed by atoms with Gasteiger partial charge in [-0.1, -0.05) is 0 Å². The van der Waals surface area contributed by atoms with Crippen molar-refractivity contribution < 1.29 is 32.1 Å². The number of methoxy groups -OCH3 is 1. The lowest BCUT2D eigenvalue weighted by Gasteiger charge is -2.21. The number of anilines is 2. The predicted molar refractivity (Wildman–Crippen MR) is 116 cm³/mol. The van der Waals surface area contributed by atoms with Gasteiger partial charge in [-0.25, -0.2) is 22.3 Å². The second-order valence-electron chi connectivity index (χ2n) is 7.23. The molecule has 3 rings (SSSR count). The van der Waals surface area contributed by atoms with E-state index in [-0.39, 0.29) is 30.0 Å². The van der Waals surface area contributed by atoms with Gasteiger partial charge in [0.2, 0.25) is 10.0 Å². The summed E-state index contributed by atoms with van der Waals surface area (Å²) in [6, 6.07) is 6.64. The van der Waals surface area contributed by atoms with E-state index in [1.807, 2.05) is 22.6 Å². The Balaban J connectivity index is 2.10. The summed E-state index contributed by atoms with van der Waals surface area (Å²) in [5.41, 5.74) is 0.499. The van der Waals surface area contributed by atoms with Crippen molar-refractivity contribution in [2.45, 2.75) is 29.6 Å². The van der Waals surface area contributed by atoms with E-state index in [0.717, 1.165) is 12.1 Å². The largest absolute Gasteiger partial charge is 0.496 e. The number of benzene rings is 2. The van der Waals surface area contributed by atoms with Crippen LogP contribution >= 0.6 is 22.6 Å². The van der Waals surface area contributed by atoms with Crippen molar-refractivity contribution in [3.8, 4) is 5.75 Å². The highest BCUT2D eigenvalue weighted by Gasteiger charge is 2.64. The number of primary sulfonamides is 1. The van der Waals surface area contributed by atoms with Crippen LogP contribution in [0.1, 0.15) is 24.3 Å². The molecule has 0 aromatic heterocycles. The van der Waals surface area contributed by atoms with Crippen molar-refractivity contribution in [3.63, 3.8) is 0 Å². The molecule has 1 saturated carbocycles. The van der Waals surface area contributed by atoms with Crippen LogP contribution in [0.25, 0.3) is 0 Å². The van der Waals surface area contributed by atoms with Gasteiger partial charge in [0.25, 0.3) is 0 Å². The second-order valence-corrected chi connectivity index (χ2v) is 10.4. The molecule has 0 radical (unpaired) electrons. The average molecular weight is 554 g/mol. The maximum atomic E-state index is 14.4. The second kappa shape index (κ2) is 8.54. The van der Waals surface area contributed by atoms with E-state index in [1.165, 1.54) is 19.2 Å². The zero-order chi connectivity index (χ0) is 22.3. The molecule has 0 aliphatic heterocycles. The zero-order valence-corrected chi connectivity index (χ0v) is 18.9. The molecule has 1 aliphatic carbocycles. The summed E-state index contributed by atoms with van der Waals surface area (Å²) in [7, 11) is -2.85. The Morgan fingerprint density at radius 3 is 2.60 bits per heavy atom. The van der Waals surface area contributed by atoms with Gasteiger partial charge in [0.05, 0.1) is 30.3 Å². The lowest BCUT2D eigenvalue weighted by Crippen LogP contribution is -2.36. The summed E-state index contributed by atoms with van der Waals surface area (Å²) in [4.78, 5) is 0. The van der Waals surface area contributed by atoms with Crippen molar-refractivity contribution in [2.24, 2.45) is 5.14 Å². The molecule has 0 bridgehead atoms. The van der Waals surface area contributed by atoms with Gasteiger partial charge in [0, 0.05) is 26.8 Å². The Kier molecular flexibility index (Phi) is 6.58. The highest BCUT2D eigenvalue weighted by atomic mass is 127. The van der Waals surface area contributed by atoms with E-state index in [9.17, 15) is 27.4 Å². The Labute approximate surface area is 186 Å². The first kappa shape index (κ1) is 23.1. The van der Waals surface area contributed by atoms with Gasteiger partial charge in [-0.3, -0.25) is 0 Å². The fraction of sp³-hybridized carbons (Fsp3) is 0.368. The van der Waals surface area contributed by atoms with Crippen LogP contribution in [0.4, 0.5) is 20.2 Å². The zero-order valence-electron chi connectivity index (χ0n) is 15.9. The fourth-order valence-corrected chi connectivity index (χ4v) is 5.52. The number of nitrogens with one attached hydrogen (secondary N) is 1. The predicted octanol–water partition coefficient (Wildman–Crippen LogP) is 2.58. The van der Waals surface area contributed by atoms with Gasteiger partial charge in [-0.15, -0.1) is 0 Å². The number of halogens is 3. The maximum Gasteiger partial charge on any atom is 0.215 e. The number of ether oxygens (including phenoxy) is 1. The van der Waals surface area contributed by atoms with Crippen molar-refractivity contribution in [3.05, 3.63) is 51.1 Å². The molecule has 0 saturated heterocycles. The molecule has 3 unspecified atom stereocenters. The van der Waals surface area contributed by atoms with Crippen LogP contribution in [0, 0.1) is 15.2 Å². The number of hydrogen-bond donors (Lipinski definition) is 4. The van der Waals surface area contributed by atoms with E-state index < -0.39 is 45.0 Å². The van der Waals surface area contributed by atoms with Gasteiger partial charge < -0.3 is 20.3 Å². The molecule has 2 aromatic carbocycles. The van der Waals surface area contributed by atoms with Crippen LogP contribution in [-0.4, -0.2) is 43.2 Å². The molecular formula is C19H21F2IN2O5S. The molecular weight excluding hydrogens is 533 g/mol. The van der Waals surface area contributed by atoms with Crippen LogP contribution < -0.4 is 15.2 Å². The molecule has 2 aromatic rings. The normalized spacial score (nSPS) is 21.9. The molecule has 5 N–H and O–H groups in total. The van der Waals surface area contributed by atoms with Crippen molar-refractivity contribution >= 4 is 44.0 Å². The van der Waals surface area contributed by atoms with Crippen LogP contribution in [0.3, 0.4) is 0 Å². The van der Waals surface area contributed by atoms with Gasteiger partial charge in [-0.2, -0.15) is 0 Å². The van der Waals surface area contributed by atoms with E-state index in [2.05, 4.69) is 5.32 Å². The lowest BCUT2D eigenvalue weighted by atomic mass is 10.0. The minimum Gasteiger partial charge on any atom is -0.496 e. The van der Waals surface area contributed by atoms with E-state index in [4.69, 9.17) is 9.88 Å². The SMILES string of the molecule is COc1cc(F)cc(Nc2ccc(I)cc2F)c1C1CC1(CC(O)CO)S(N)(=O)=O. The van der Waals surface area contributed by atoms with E-state index in [1.54, 1.807) is 6.07 Å². The number of sulfonamides is 1. The number of aliphatic hydroxyl groups excluding tert-OH is 2. The average Bonchev–Trinajstić information content (AvgIpc) is 3.38. The third-order valence-corrected chi connectivity index (χ3v) is 7.68. The van der Waals surface area contributed by atoms with Gasteiger partial charge in [0.15, 0.2) is 0 Å². The summed E-state index contributed by atoms with van der Waals surface area (Å²) in [5.74, 6) is -1.92.